The van der Waals surface area contributed by atoms with Crippen LogP contribution in [0.3, 0.4) is 0 Å². The van der Waals surface area contributed by atoms with Crippen molar-refractivity contribution in [3.8, 4) is 0 Å². The number of ether oxygens (including phenoxy) is 2. The Labute approximate surface area is 195 Å². The van der Waals surface area contributed by atoms with Gasteiger partial charge in [0.15, 0.2) is 0 Å². The average Bonchev–Trinajstić information content (AvgIpc) is 2.82. The molecule has 2 aromatic rings. The molecule has 0 N–H and O–H groups in total. The fraction of sp³-hybridized carbons (Fsp3) is 0.552. The maximum absolute atomic E-state index is 12.0. The van der Waals surface area contributed by atoms with E-state index >= 15 is 0 Å². The number of carbonyl (C=O) groups excluding carboxylic acids is 1. The zero-order chi connectivity index (χ0) is 22.7. The van der Waals surface area contributed by atoms with Gasteiger partial charge in [0.1, 0.15) is 6.61 Å². The molecule has 1 unspecified atom stereocenters. The fourth-order valence-corrected chi connectivity index (χ4v) is 3.88. The van der Waals surface area contributed by atoms with Gasteiger partial charge in [-0.05, 0) is 23.5 Å². The molecule has 176 valence electrons. The maximum Gasteiger partial charge on any atom is 0.306 e. The van der Waals surface area contributed by atoms with E-state index < -0.39 is 0 Å². The van der Waals surface area contributed by atoms with Crippen molar-refractivity contribution >= 4 is 5.97 Å². The molecule has 3 heteroatoms. The van der Waals surface area contributed by atoms with Crippen LogP contribution in [0.4, 0.5) is 0 Å². The van der Waals surface area contributed by atoms with Crippen molar-refractivity contribution in [3.05, 3.63) is 71.8 Å². The predicted octanol–water partition coefficient (Wildman–Crippen LogP) is 7.87. The molecular formula is C29H42O3. The average molecular weight is 439 g/mol. The van der Waals surface area contributed by atoms with E-state index in [0.717, 1.165) is 25.2 Å². The van der Waals surface area contributed by atoms with Crippen LogP contribution < -0.4 is 0 Å². The molecule has 0 radical (unpaired) electrons. The lowest BCUT2D eigenvalue weighted by atomic mass is 9.99. The van der Waals surface area contributed by atoms with E-state index in [-0.39, 0.29) is 5.97 Å². The van der Waals surface area contributed by atoms with E-state index in [0.29, 0.717) is 18.9 Å². The molecule has 0 saturated carbocycles. The molecule has 0 saturated heterocycles. The highest BCUT2D eigenvalue weighted by Gasteiger charge is 2.10. The summed E-state index contributed by atoms with van der Waals surface area (Å²) < 4.78 is 11.1. The maximum atomic E-state index is 12.0. The summed E-state index contributed by atoms with van der Waals surface area (Å²) in [5, 5.41) is 0. The molecule has 32 heavy (non-hydrogen) atoms. The number of rotatable bonds is 18. The molecule has 1 atom stereocenters. The molecule has 3 nitrogen and oxygen atoms in total. The summed E-state index contributed by atoms with van der Waals surface area (Å²) in [4.78, 5) is 12.0. The number of hydrogen-bond donors (Lipinski definition) is 0. The van der Waals surface area contributed by atoms with Gasteiger partial charge >= 0.3 is 5.97 Å². The third-order valence-electron chi connectivity index (χ3n) is 5.85. The molecule has 0 aliphatic heterocycles. The number of unbranched alkanes of at least 4 members (excludes halogenated alkanes) is 8. The first-order valence-corrected chi connectivity index (χ1v) is 12.6. The van der Waals surface area contributed by atoms with Crippen molar-refractivity contribution in [2.45, 2.75) is 90.8 Å². The highest BCUT2D eigenvalue weighted by molar-refractivity contribution is 5.69. The number of carbonyl (C=O) groups is 1. The number of esters is 1. The Bertz CT molecular complexity index is 699. The minimum atomic E-state index is -0.0770. The summed E-state index contributed by atoms with van der Waals surface area (Å²) in [6.07, 6.45) is 13.2. The summed E-state index contributed by atoms with van der Waals surface area (Å²) in [5.74, 6) is 0.328. The first-order chi connectivity index (χ1) is 15.7. The largest absolute Gasteiger partial charge is 0.461 e. The van der Waals surface area contributed by atoms with Crippen LogP contribution in [0.25, 0.3) is 0 Å². The van der Waals surface area contributed by atoms with Crippen LogP contribution in [0.15, 0.2) is 60.7 Å². The first-order valence-electron chi connectivity index (χ1n) is 12.6. The Morgan fingerprint density at radius 3 is 1.78 bits per heavy atom. The molecule has 0 heterocycles. The van der Waals surface area contributed by atoms with E-state index in [2.05, 4.69) is 31.2 Å². The number of hydrogen-bond acceptors (Lipinski definition) is 3. The molecular weight excluding hydrogens is 396 g/mol. The molecule has 2 aromatic carbocycles. The topological polar surface area (TPSA) is 35.5 Å². The van der Waals surface area contributed by atoms with Gasteiger partial charge < -0.3 is 9.47 Å². The SMILES string of the molecule is CC(CCCCCCCCCCCOCc1ccccc1)CC(=O)OCc1ccccc1. The lowest BCUT2D eigenvalue weighted by molar-refractivity contribution is -0.146. The standard InChI is InChI=1S/C29H42O3/c1-26(23-29(30)32-25-28-20-14-10-15-21-28)17-11-7-5-3-2-4-6-8-16-22-31-24-27-18-12-9-13-19-27/h9-10,12-15,18-21,26H,2-8,11,16-17,22-25H2,1H3. The highest BCUT2D eigenvalue weighted by atomic mass is 16.5. The summed E-state index contributed by atoms with van der Waals surface area (Å²) >= 11 is 0. The summed E-state index contributed by atoms with van der Waals surface area (Å²) in [5.41, 5.74) is 2.30. The Balaban J connectivity index is 1.32. The lowest BCUT2D eigenvalue weighted by Crippen LogP contribution is -2.09. The van der Waals surface area contributed by atoms with E-state index in [1.807, 2.05) is 36.4 Å². The molecule has 0 aromatic heterocycles. The Morgan fingerprint density at radius 1 is 0.688 bits per heavy atom. The second kappa shape index (κ2) is 17.4. The monoisotopic (exact) mass is 438 g/mol. The van der Waals surface area contributed by atoms with Gasteiger partial charge in [0.05, 0.1) is 6.61 Å². The van der Waals surface area contributed by atoms with Crippen molar-refractivity contribution in [1.82, 2.24) is 0 Å². The zero-order valence-electron chi connectivity index (χ0n) is 20.0. The van der Waals surface area contributed by atoms with Crippen LogP contribution >= 0.6 is 0 Å². The van der Waals surface area contributed by atoms with Gasteiger partial charge in [0.25, 0.3) is 0 Å². The molecule has 0 spiro atoms. The van der Waals surface area contributed by atoms with Gasteiger partial charge in [-0.2, -0.15) is 0 Å². The van der Waals surface area contributed by atoms with E-state index in [1.54, 1.807) is 0 Å². The van der Waals surface area contributed by atoms with Crippen molar-refractivity contribution < 1.29 is 14.3 Å². The van der Waals surface area contributed by atoms with Crippen molar-refractivity contribution in [3.63, 3.8) is 0 Å². The zero-order valence-corrected chi connectivity index (χ0v) is 20.0. The third-order valence-corrected chi connectivity index (χ3v) is 5.85. The van der Waals surface area contributed by atoms with E-state index in [1.165, 1.54) is 63.4 Å². The molecule has 0 amide bonds. The highest BCUT2D eigenvalue weighted by Crippen LogP contribution is 2.16. The van der Waals surface area contributed by atoms with Crippen molar-refractivity contribution in [2.24, 2.45) is 5.92 Å². The normalized spacial score (nSPS) is 11.9. The van der Waals surface area contributed by atoms with E-state index in [4.69, 9.17) is 9.47 Å². The Hall–Kier alpha value is -2.13. The van der Waals surface area contributed by atoms with Gasteiger partial charge in [-0.1, -0.05) is 125 Å². The van der Waals surface area contributed by atoms with Crippen LogP contribution in [0, 0.1) is 5.92 Å². The van der Waals surface area contributed by atoms with Gasteiger partial charge in [-0.25, -0.2) is 0 Å². The first kappa shape index (κ1) is 26.1. The number of benzene rings is 2. The van der Waals surface area contributed by atoms with Gasteiger partial charge in [0.2, 0.25) is 0 Å². The van der Waals surface area contributed by atoms with Crippen molar-refractivity contribution in [1.29, 1.82) is 0 Å². The van der Waals surface area contributed by atoms with Gasteiger partial charge in [-0.3, -0.25) is 4.79 Å². The van der Waals surface area contributed by atoms with Gasteiger partial charge in [-0.15, -0.1) is 0 Å². The minimum Gasteiger partial charge on any atom is -0.461 e. The molecule has 0 aliphatic carbocycles. The van der Waals surface area contributed by atoms with Crippen LogP contribution in [-0.2, 0) is 27.5 Å². The molecule has 0 bridgehead atoms. The summed E-state index contributed by atoms with van der Waals surface area (Å²) in [6.45, 7) is 4.14. The summed E-state index contributed by atoms with van der Waals surface area (Å²) in [7, 11) is 0. The third kappa shape index (κ3) is 13.3. The second-order valence-electron chi connectivity index (χ2n) is 8.96. The molecule has 2 rings (SSSR count). The quantitative estimate of drug-likeness (QED) is 0.175. The second-order valence-corrected chi connectivity index (χ2v) is 8.96. The van der Waals surface area contributed by atoms with Crippen LogP contribution in [0.2, 0.25) is 0 Å². The molecule has 0 aliphatic rings. The van der Waals surface area contributed by atoms with Crippen LogP contribution in [-0.4, -0.2) is 12.6 Å². The van der Waals surface area contributed by atoms with Crippen LogP contribution in [0.5, 0.6) is 0 Å². The van der Waals surface area contributed by atoms with Crippen molar-refractivity contribution in [2.75, 3.05) is 6.61 Å². The molecule has 0 fully saturated rings. The predicted molar refractivity (Wildman–Crippen MR) is 132 cm³/mol. The van der Waals surface area contributed by atoms with Gasteiger partial charge in [0, 0.05) is 13.0 Å². The van der Waals surface area contributed by atoms with E-state index in [9.17, 15) is 4.79 Å². The van der Waals surface area contributed by atoms with Crippen LogP contribution in [0.1, 0.15) is 88.7 Å². The summed E-state index contributed by atoms with van der Waals surface area (Å²) in [6, 6.07) is 20.3. The Morgan fingerprint density at radius 2 is 1.19 bits per heavy atom. The fourth-order valence-electron chi connectivity index (χ4n) is 3.88. The minimum absolute atomic E-state index is 0.0770. The Kier molecular flexibility index (Phi) is 14.2. The smallest absolute Gasteiger partial charge is 0.306 e. The lowest BCUT2D eigenvalue weighted by Gasteiger charge is -2.11.